The van der Waals surface area contributed by atoms with E-state index in [-0.39, 0.29) is 12.0 Å². The summed E-state index contributed by atoms with van der Waals surface area (Å²) in [6.07, 6.45) is 2.33. The summed E-state index contributed by atoms with van der Waals surface area (Å²) in [6.45, 7) is 0.316. The highest BCUT2D eigenvalue weighted by Gasteiger charge is 2.37. The fourth-order valence-electron chi connectivity index (χ4n) is 4.08. The number of fused-ring (bicyclic) bond motifs is 1. The Balaban J connectivity index is 1.64. The molecule has 3 aromatic rings. The molecule has 4 rings (SSSR count). The summed E-state index contributed by atoms with van der Waals surface area (Å²) in [7, 11) is 2.74. The van der Waals surface area contributed by atoms with Crippen LogP contribution in [0.4, 0.5) is 9.18 Å². The standard InChI is InChI=1S/C24H25FN4O4/c1-32-16-8-9-17(18(25)13-16)22-21-19(26-14-27-21)10-11-29(22)24(31)28-20(23(30)33-2)12-15-6-4-3-5-7-15/h3-9,13-14,20,22H,10-12H2,1-2H3,(H,26,27)(H,28,31)/t20-,22-/m1/s1. The van der Waals surface area contributed by atoms with Crippen LogP contribution < -0.4 is 10.1 Å². The molecule has 0 radical (unpaired) electrons. The third kappa shape index (κ3) is 4.67. The number of aromatic nitrogens is 2. The average molecular weight is 452 g/mol. The fourth-order valence-corrected chi connectivity index (χ4v) is 4.08. The quantitative estimate of drug-likeness (QED) is 0.561. The van der Waals surface area contributed by atoms with Crippen molar-refractivity contribution in [1.29, 1.82) is 0 Å². The number of urea groups is 1. The van der Waals surface area contributed by atoms with Crippen LogP contribution in [0.3, 0.4) is 0 Å². The minimum Gasteiger partial charge on any atom is -0.497 e. The first-order valence-electron chi connectivity index (χ1n) is 10.6. The predicted octanol–water partition coefficient (Wildman–Crippen LogP) is 3.00. The third-order valence-electron chi connectivity index (χ3n) is 5.75. The van der Waals surface area contributed by atoms with Gasteiger partial charge in [0.05, 0.1) is 26.2 Å². The average Bonchev–Trinajstić information content (AvgIpc) is 3.32. The van der Waals surface area contributed by atoms with Crippen LogP contribution in [-0.2, 0) is 22.4 Å². The van der Waals surface area contributed by atoms with E-state index in [1.54, 1.807) is 12.1 Å². The van der Waals surface area contributed by atoms with E-state index >= 15 is 4.39 Å². The molecule has 1 aromatic heterocycles. The number of ether oxygens (including phenoxy) is 2. The topological polar surface area (TPSA) is 96.6 Å². The molecule has 8 nitrogen and oxygen atoms in total. The summed E-state index contributed by atoms with van der Waals surface area (Å²) in [5, 5.41) is 2.78. The zero-order valence-electron chi connectivity index (χ0n) is 18.4. The smallest absolute Gasteiger partial charge is 0.328 e. The number of aromatic amines is 1. The Kier molecular flexibility index (Phi) is 6.58. The van der Waals surface area contributed by atoms with Crippen LogP contribution in [0.25, 0.3) is 0 Å². The molecule has 2 atom stereocenters. The number of nitrogens with one attached hydrogen (secondary N) is 2. The van der Waals surface area contributed by atoms with Crippen LogP contribution in [0.5, 0.6) is 5.75 Å². The molecule has 172 valence electrons. The molecule has 0 unspecified atom stereocenters. The number of halogens is 1. The summed E-state index contributed by atoms with van der Waals surface area (Å²) >= 11 is 0. The molecule has 0 saturated carbocycles. The number of rotatable bonds is 6. The summed E-state index contributed by atoms with van der Waals surface area (Å²) in [6, 6.07) is 11.7. The molecule has 0 aliphatic carbocycles. The van der Waals surface area contributed by atoms with E-state index in [4.69, 9.17) is 9.47 Å². The number of carbonyl (C=O) groups excluding carboxylic acids is 2. The summed E-state index contributed by atoms with van der Waals surface area (Å²) in [5.74, 6) is -0.697. The monoisotopic (exact) mass is 452 g/mol. The van der Waals surface area contributed by atoms with Crippen molar-refractivity contribution < 1.29 is 23.5 Å². The van der Waals surface area contributed by atoms with Gasteiger partial charge in [-0.2, -0.15) is 0 Å². The second kappa shape index (κ2) is 9.72. The molecule has 0 bridgehead atoms. The van der Waals surface area contributed by atoms with Crippen molar-refractivity contribution in [3.05, 3.63) is 83.2 Å². The van der Waals surface area contributed by atoms with Crippen molar-refractivity contribution in [1.82, 2.24) is 20.2 Å². The highest BCUT2D eigenvalue weighted by atomic mass is 19.1. The van der Waals surface area contributed by atoms with Crippen LogP contribution in [0, 0.1) is 5.82 Å². The largest absolute Gasteiger partial charge is 0.497 e. The SMILES string of the molecule is COC(=O)[C@@H](Cc1ccccc1)NC(=O)N1CCc2[nH]cnc2[C@H]1c1ccc(OC)cc1F. The number of methoxy groups -OCH3 is 2. The molecular formula is C24H25FN4O4. The Morgan fingerprint density at radius 2 is 2.03 bits per heavy atom. The van der Waals surface area contributed by atoms with E-state index in [0.717, 1.165) is 11.3 Å². The molecule has 1 aliphatic rings. The molecule has 2 aromatic carbocycles. The molecule has 33 heavy (non-hydrogen) atoms. The second-order valence-electron chi connectivity index (χ2n) is 7.71. The number of H-pyrrole nitrogens is 1. The van der Waals surface area contributed by atoms with Gasteiger partial charge in [-0.05, 0) is 17.7 Å². The van der Waals surface area contributed by atoms with Gasteiger partial charge in [-0.25, -0.2) is 19.0 Å². The zero-order valence-corrected chi connectivity index (χ0v) is 18.4. The van der Waals surface area contributed by atoms with E-state index in [0.29, 0.717) is 24.4 Å². The number of hydrogen-bond donors (Lipinski definition) is 2. The number of esters is 1. The molecule has 0 saturated heterocycles. The summed E-state index contributed by atoms with van der Waals surface area (Å²) < 4.78 is 25.1. The number of amides is 2. The predicted molar refractivity (Wildman–Crippen MR) is 118 cm³/mol. The van der Waals surface area contributed by atoms with E-state index in [2.05, 4.69) is 15.3 Å². The van der Waals surface area contributed by atoms with Gasteiger partial charge in [-0.1, -0.05) is 30.3 Å². The fraction of sp³-hybridized carbons (Fsp3) is 0.292. The number of carbonyl (C=O) groups is 2. The third-order valence-corrected chi connectivity index (χ3v) is 5.75. The Labute approximate surface area is 190 Å². The van der Waals surface area contributed by atoms with Crippen molar-refractivity contribution in [3.63, 3.8) is 0 Å². The van der Waals surface area contributed by atoms with E-state index in [1.807, 2.05) is 30.3 Å². The first-order valence-corrected chi connectivity index (χ1v) is 10.6. The van der Waals surface area contributed by atoms with Gasteiger partial charge < -0.3 is 24.7 Å². The number of benzene rings is 2. The molecule has 1 aliphatic heterocycles. The first-order chi connectivity index (χ1) is 16.0. The maximum atomic E-state index is 15.0. The lowest BCUT2D eigenvalue weighted by Crippen LogP contribution is -2.52. The molecule has 9 heteroatoms. The molecular weight excluding hydrogens is 427 g/mol. The Bertz CT molecular complexity index is 1130. The van der Waals surface area contributed by atoms with Crippen LogP contribution in [0.1, 0.15) is 28.6 Å². The molecule has 2 amide bonds. The Hall–Kier alpha value is -3.88. The van der Waals surface area contributed by atoms with Gasteiger partial charge >= 0.3 is 12.0 Å². The van der Waals surface area contributed by atoms with Gasteiger partial charge in [0.25, 0.3) is 0 Å². The number of hydrogen-bond acceptors (Lipinski definition) is 5. The lowest BCUT2D eigenvalue weighted by molar-refractivity contribution is -0.142. The van der Waals surface area contributed by atoms with Gasteiger partial charge in [-0.3, -0.25) is 0 Å². The van der Waals surface area contributed by atoms with Crippen LogP contribution in [-0.4, -0.2) is 53.7 Å². The summed E-state index contributed by atoms with van der Waals surface area (Å²) in [5.41, 5.74) is 2.57. The zero-order chi connectivity index (χ0) is 23.4. The van der Waals surface area contributed by atoms with Gasteiger partial charge in [0.2, 0.25) is 0 Å². The maximum Gasteiger partial charge on any atom is 0.328 e. The number of imidazole rings is 1. The molecule has 2 heterocycles. The lowest BCUT2D eigenvalue weighted by Gasteiger charge is -2.36. The van der Waals surface area contributed by atoms with E-state index < -0.39 is 29.9 Å². The molecule has 2 N–H and O–H groups in total. The van der Waals surface area contributed by atoms with Gasteiger partial charge in [-0.15, -0.1) is 0 Å². The highest BCUT2D eigenvalue weighted by molar-refractivity contribution is 5.84. The second-order valence-corrected chi connectivity index (χ2v) is 7.71. The van der Waals surface area contributed by atoms with Gasteiger partial charge in [0.15, 0.2) is 0 Å². The Morgan fingerprint density at radius 1 is 1.24 bits per heavy atom. The first kappa shape index (κ1) is 22.3. The van der Waals surface area contributed by atoms with Crippen LogP contribution >= 0.6 is 0 Å². The maximum absolute atomic E-state index is 15.0. The van der Waals surface area contributed by atoms with Gasteiger partial charge in [0, 0.05) is 36.7 Å². The van der Waals surface area contributed by atoms with E-state index in [1.165, 1.54) is 31.5 Å². The van der Waals surface area contributed by atoms with Crippen molar-refractivity contribution in [2.24, 2.45) is 0 Å². The highest BCUT2D eigenvalue weighted by Crippen LogP contribution is 2.35. The molecule has 0 spiro atoms. The minimum absolute atomic E-state index is 0.266. The minimum atomic E-state index is -0.896. The normalized spacial score (nSPS) is 16.0. The van der Waals surface area contributed by atoms with Gasteiger partial charge in [0.1, 0.15) is 23.7 Å². The van der Waals surface area contributed by atoms with Crippen LogP contribution in [0.2, 0.25) is 0 Å². The lowest BCUT2D eigenvalue weighted by atomic mass is 9.95. The van der Waals surface area contributed by atoms with Crippen molar-refractivity contribution in [3.8, 4) is 5.75 Å². The van der Waals surface area contributed by atoms with Crippen molar-refractivity contribution >= 4 is 12.0 Å². The van der Waals surface area contributed by atoms with Crippen LogP contribution in [0.15, 0.2) is 54.9 Å². The van der Waals surface area contributed by atoms with E-state index in [9.17, 15) is 9.59 Å². The van der Waals surface area contributed by atoms with Crippen molar-refractivity contribution in [2.75, 3.05) is 20.8 Å². The Morgan fingerprint density at radius 3 is 2.73 bits per heavy atom. The van der Waals surface area contributed by atoms with Crippen molar-refractivity contribution in [2.45, 2.75) is 24.9 Å². The summed E-state index contributed by atoms with van der Waals surface area (Å²) in [4.78, 5) is 34.7. The molecule has 0 fully saturated rings. The number of nitrogens with zero attached hydrogens (tertiary/aromatic N) is 2.